The van der Waals surface area contributed by atoms with Crippen molar-refractivity contribution in [2.24, 2.45) is 0 Å². The number of carbonyl (C=O) groups is 1. The van der Waals surface area contributed by atoms with E-state index >= 15 is 0 Å². The first-order valence-corrected chi connectivity index (χ1v) is 8.20. The second-order valence-electron chi connectivity index (χ2n) is 4.89. The van der Waals surface area contributed by atoms with Crippen molar-refractivity contribution in [3.8, 4) is 0 Å². The Labute approximate surface area is 123 Å². The van der Waals surface area contributed by atoms with E-state index in [1.165, 1.54) is 24.6 Å². The summed E-state index contributed by atoms with van der Waals surface area (Å²) in [5.41, 5.74) is 1.01. The van der Waals surface area contributed by atoms with Gasteiger partial charge in [-0.3, -0.25) is 0 Å². The lowest BCUT2D eigenvalue weighted by Gasteiger charge is -2.14. The standard InChI is InChI=1S/C15H21NO3S/c1-20-13-8-4-7-12(14(13)15(17)18)16-9-10-19-11-5-2-3-6-11/h4,7-8,11,16H,2-3,5-6,9-10H2,1H3,(H,17,18). The molecule has 20 heavy (non-hydrogen) atoms. The Kier molecular flexibility index (Phi) is 5.73. The molecule has 1 aromatic carbocycles. The lowest BCUT2D eigenvalue weighted by Crippen LogP contribution is -2.17. The molecule has 5 heteroatoms. The van der Waals surface area contributed by atoms with Gasteiger partial charge in [-0.1, -0.05) is 18.9 Å². The van der Waals surface area contributed by atoms with Crippen molar-refractivity contribution in [1.29, 1.82) is 0 Å². The molecular weight excluding hydrogens is 274 g/mol. The van der Waals surface area contributed by atoms with Crippen LogP contribution in [0.1, 0.15) is 36.0 Å². The molecule has 0 atom stereocenters. The predicted molar refractivity (Wildman–Crippen MR) is 81.9 cm³/mol. The third kappa shape index (κ3) is 3.90. The molecule has 0 saturated heterocycles. The van der Waals surface area contributed by atoms with Crippen LogP contribution in [-0.4, -0.2) is 36.6 Å². The zero-order chi connectivity index (χ0) is 14.4. The highest BCUT2D eigenvalue weighted by atomic mass is 32.2. The van der Waals surface area contributed by atoms with E-state index < -0.39 is 5.97 Å². The molecule has 0 heterocycles. The van der Waals surface area contributed by atoms with E-state index in [4.69, 9.17) is 4.74 Å². The van der Waals surface area contributed by atoms with E-state index in [1.54, 1.807) is 6.07 Å². The lowest BCUT2D eigenvalue weighted by molar-refractivity contribution is 0.0655. The van der Waals surface area contributed by atoms with Crippen LogP contribution in [0.2, 0.25) is 0 Å². The fourth-order valence-electron chi connectivity index (χ4n) is 2.54. The van der Waals surface area contributed by atoms with Gasteiger partial charge in [0, 0.05) is 17.1 Å². The fourth-order valence-corrected chi connectivity index (χ4v) is 3.15. The molecule has 2 rings (SSSR count). The van der Waals surface area contributed by atoms with Crippen molar-refractivity contribution < 1.29 is 14.6 Å². The number of ether oxygens (including phenoxy) is 1. The minimum absolute atomic E-state index is 0.348. The number of benzene rings is 1. The Morgan fingerprint density at radius 1 is 1.45 bits per heavy atom. The number of thioether (sulfide) groups is 1. The maximum atomic E-state index is 11.4. The first-order chi connectivity index (χ1) is 9.72. The number of carboxylic acid groups (broad SMARTS) is 1. The van der Waals surface area contributed by atoms with Crippen molar-refractivity contribution >= 4 is 23.4 Å². The first-order valence-electron chi connectivity index (χ1n) is 6.98. The molecule has 1 aliphatic rings. The van der Waals surface area contributed by atoms with Crippen LogP contribution in [0.4, 0.5) is 5.69 Å². The quantitative estimate of drug-likeness (QED) is 0.596. The summed E-state index contributed by atoms with van der Waals surface area (Å²) in [6.07, 6.45) is 7.11. The summed E-state index contributed by atoms with van der Waals surface area (Å²) in [5, 5.41) is 12.5. The SMILES string of the molecule is CSc1cccc(NCCOC2CCCC2)c1C(=O)O. The predicted octanol–water partition coefficient (Wildman–Crippen LogP) is 3.48. The zero-order valence-corrected chi connectivity index (χ0v) is 12.5. The molecular formula is C15H21NO3S. The second kappa shape index (κ2) is 7.55. The van der Waals surface area contributed by atoms with E-state index in [2.05, 4.69) is 5.32 Å². The Morgan fingerprint density at radius 2 is 2.20 bits per heavy atom. The maximum Gasteiger partial charge on any atom is 0.338 e. The van der Waals surface area contributed by atoms with E-state index in [0.717, 1.165) is 17.7 Å². The lowest BCUT2D eigenvalue weighted by atomic mass is 10.2. The number of aromatic carboxylic acids is 1. The van der Waals surface area contributed by atoms with Crippen molar-refractivity contribution in [2.45, 2.75) is 36.7 Å². The Balaban J connectivity index is 1.89. The Hall–Kier alpha value is -1.20. The Morgan fingerprint density at radius 3 is 2.85 bits per heavy atom. The van der Waals surface area contributed by atoms with Crippen LogP contribution in [0.15, 0.2) is 23.1 Å². The highest BCUT2D eigenvalue weighted by Gasteiger charge is 2.16. The minimum Gasteiger partial charge on any atom is -0.478 e. The van der Waals surface area contributed by atoms with Gasteiger partial charge >= 0.3 is 5.97 Å². The largest absolute Gasteiger partial charge is 0.478 e. The van der Waals surface area contributed by atoms with Crippen molar-refractivity contribution in [3.63, 3.8) is 0 Å². The summed E-state index contributed by atoms with van der Waals surface area (Å²) in [7, 11) is 0. The Bertz CT molecular complexity index is 458. The second-order valence-corrected chi connectivity index (χ2v) is 5.74. The first kappa shape index (κ1) is 15.2. The van der Waals surface area contributed by atoms with Gasteiger partial charge in [0.25, 0.3) is 0 Å². The van der Waals surface area contributed by atoms with Crippen LogP contribution in [0.5, 0.6) is 0 Å². The number of hydrogen-bond donors (Lipinski definition) is 2. The monoisotopic (exact) mass is 295 g/mol. The van der Waals surface area contributed by atoms with Crippen LogP contribution < -0.4 is 5.32 Å². The van der Waals surface area contributed by atoms with Crippen LogP contribution in [0.3, 0.4) is 0 Å². The number of nitrogens with one attached hydrogen (secondary N) is 1. The summed E-state index contributed by atoms with van der Waals surface area (Å²) < 4.78 is 5.77. The van der Waals surface area contributed by atoms with Gasteiger partial charge in [0.15, 0.2) is 0 Å². The van der Waals surface area contributed by atoms with Crippen LogP contribution in [0.25, 0.3) is 0 Å². The van der Waals surface area contributed by atoms with Crippen molar-refractivity contribution in [3.05, 3.63) is 23.8 Å². The summed E-state index contributed by atoms with van der Waals surface area (Å²) in [6, 6.07) is 5.51. The molecule has 2 N–H and O–H groups in total. The molecule has 1 saturated carbocycles. The molecule has 0 aromatic heterocycles. The third-order valence-corrected chi connectivity index (χ3v) is 4.31. The molecule has 1 fully saturated rings. The maximum absolute atomic E-state index is 11.4. The molecule has 0 radical (unpaired) electrons. The van der Waals surface area contributed by atoms with Crippen molar-refractivity contribution in [2.75, 3.05) is 24.7 Å². The third-order valence-electron chi connectivity index (χ3n) is 3.53. The number of anilines is 1. The van der Waals surface area contributed by atoms with E-state index in [9.17, 15) is 9.90 Å². The molecule has 110 valence electrons. The van der Waals surface area contributed by atoms with Gasteiger partial charge in [0.2, 0.25) is 0 Å². The smallest absolute Gasteiger partial charge is 0.338 e. The summed E-state index contributed by atoms with van der Waals surface area (Å²) in [6.45, 7) is 1.25. The van der Waals surface area contributed by atoms with E-state index in [1.807, 2.05) is 18.4 Å². The molecule has 0 aliphatic heterocycles. The average molecular weight is 295 g/mol. The van der Waals surface area contributed by atoms with Crippen molar-refractivity contribution in [1.82, 2.24) is 0 Å². The summed E-state index contributed by atoms with van der Waals surface area (Å²) >= 11 is 1.45. The molecule has 4 nitrogen and oxygen atoms in total. The van der Waals surface area contributed by atoms with Gasteiger partial charge in [-0.15, -0.1) is 11.8 Å². The zero-order valence-electron chi connectivity index (χ0n) is 11.7. The summed E-state index contributed by atoms with van der Waals surface area (Å²) in [4.78, 5) is 12.1. The van der Waals surface area contributed by atoms with Crippen LogP contribution in [-0.2, 0) is 4.74 Å². The topological polar surface area (TPSA) is 58.6 Å². The van der Waals surface area contributed by atoms with E-state index in [-0.39, 0.29) is 0 Å². The molecule has 0 unspecified atom stereocenters. The molecule has 1 aliphatic carbocycles. The fraction of sp³-hybridized carbons (Fsp3) is 0.533. The van der Waals surface area contributed by atoms with Gasteiger partial charge in [-0.05, 0) is 31.2 Å². The van der Waals surface area contributed by atoms with Crippen LogP contribution in [0, 0.1) is 0 Å². The molecule has 0 bridgehead atoms. The van der Waals surface area contributed by atoms with Gasteiger partial charge in [-0.25, -0.2) is 4.79 Å². The summed E-state index contributed by atoms with van der Waals surface area (Å²) in [5.74, 6) is -0.894. The minimum atomic E-state index is -0.894. The normalized spacial score (nSPS) is 15.4. The van der Waals surface area contributed by atoms with Gasteiger partial charge in [-0.2, -0.15) is 0 Å². The molecule has 0 amide bonds. The average Bonchev–Trinajstić information content (AvgIpc) is 2.96. The highest BCUT2D eigenvalue weighted by Crippen LogP contribution is 2.27. The van der Waals surface area contributed by atoms with Gasteiger partial charge in [0.1, 0.15) is 0 Å². The van der Waals surface area contributed by atoms with Gasteiger partial charge < -0.3 is 15.2 Å². The number of carboxylic acids is 1. The van der Waals surface area contributed by atoms with Gasteiger partial charge in [0.05, 0.1) is 18.3 Å². The number of rotatable bonds is 7. The highest BCUT2D eigenvalue weighted by molar-refractivity contribution is 7.98. The molecule has 0 spiro atoms. The molecule has 1 aromatic rings. The van der Waals surface area contributed by atoms with Crippen LogP contribution >= 0.6 is 11.8 Å². The van der Waals surface area contributed by atoms with E-state index in [0.29, 0.717) is 30.5 Å². The number of hydrogen-bond acceptors (Lipinski definition) is 4.